The number of rotatable bonds is 8. The molecule has 7 heteroatoms. The van der Waals surface area contributed by atoms with Gasteiger partial charge in [0.05, 0.1) is 12.5 Å². The molecule has 1 aliphatic rings. The monoisotopic (exact) mass is 447 g/mol. The van der Waals surface area contributed by atoms with Crippen LogP contribution in [0.5, 0.6) is 5.75 Å². The molecule has 0 radical (unpaired) electrons. The van der Waals surface area contributed by atoms with Crippen molar-refractivity contribution in [1.29, 1.82) is 0 Å². The molecule has 1 saturated heterocycles. The summed E-state index contributed by atoms with van der Waals surface area (Å²) in [5, 5.41) is 0. The fourth-order valence-corrected chi connectivity index (χ4v) is 3.67. The van der Waals surface area contributed by atoms with Crippen LogP contribution in [-0.2, 0) is 14.3 Å². The van der Waals surface area contributed by atoms with Crippen molar-refractivity contribution in [2.24, 2.45) is 11.3 Å². The van der Waals surface area contributed by atoms with Gasteiger partial charge in [0.2, 0.25) is 6.29 Å². The van der Waals surface area contributed by atoms with Crippen LogP contribution in [0.3, 0.4) is 0 Å². The van der Waals surface area contributed by atoms with Gasteiger partial charge in [0.25, 0.3) is 0 Å². The number of likely N-dealkylation sites (tertiary alicyclic amines) is 1. The van der Waals surface area contributed by atoms with Crippen LogP contribution in [0.25, 0.3) is 0 Å². The van der Waals surface area contributed by atoms with Gasteiger partial charge in [-0.15, -0.1) is 0 Å². The fourth-order valence-electron chi connectivity index (χ4n) is 3.67. The van der Waals surface area contributed by atoms with Crippen LogP contribution in [0.2, 0.25) is 0 Å². The summed E-state index contributed by atoms with van der Waals surface area (Å²) in [5.41, 5.74) is 2.03. The number of ketones is 1. The van der Waals surface area contributed by atoms with E-state index in [0.717, 1.165) is 24.0 Å². The molecule has 0 bridgehead atoms. The molecule has 0 N–H and O–H groups in total. The zero-order valence-electron chi connectivity index (χ0n) is 20.4. The number of carbonyl (C=O) groups is 3. The Kier molecular flexibility index (Phi) is 8.70. The SMILES string of the molecule is CCC(C)(C)C(=O)OC(C)OC(=O)N1CCCC(CC(=O)c2cc(C)c(C)c(OC)c2)C1. The van der Waals surface area contributed by atoms with Gasteiger partial charge in [-0.2, -0.15) is 0 Å². The maximum Gasteiger partial charge on any atom is 0.412 e. The first kappa shape index (κ1) is 25.7. The van der Waals surface area contributed by atoms with Crippen LogP contribution in [0, 0.1) is 25.2 Å². The van der Waals surface area contributed by atoms with E-state index in [0.29, 0.717) is 37.2 Å². The van der Waals surface area contributed by atoms with Crippen molar-refractivity contribution >= 4 is 17.8 Å². The molecule has 1 fully saturated rings. The fraction of sp³-hybridized carbons (Fsp3) is 0.640. The number of hydrogen-bond donors (Lipinski definition) is 0. The van der Waals surface area contributed by atoms with Crippen molar-refractivity contribution in [3.05, 3.63) is 28.8 Å². The van der Waals surface area contributed by atoms with Gasteiger partial charge in [0.15, 0.2) is 5.78 Å². The van der Waals surface area contributed by atoms with Crippen LogP contribution in [0.1, 0.15) is 74.9 Å². The van der Waals surface area contributed by atoms with Gasteiger partial charge in [-0.05, 0) is 76.1 Å². The molecule has 0 aliphatic carbocycles. The van der Waals surface area contributed by atoms with Crippen molar-refractivity contribution in [2.45, 2.75) is 73.5 Å². The highest BCUT2D eigenvalue weighted by Gasteiger charge is 2.31. The second-order valence-electron chi connectivity index (χ2n) is 9.30. The molecule has 1 aliphatic heterocycles. The zero-order valence-corrected chi connectivity index (χ0v) is 20.4. The average molecular weight is 448 g/mol. The third-order valence-corrected chi connectivity index (χ3v) is 6.39. The molecule has 2 atom stereocenters. The molecule has 1 aromatic rings. The summed E-state index contributed by atoms with van der Waals surface area (Å²) in [5.74, 6) is 0.396. The molecular formula is C25H37NO6. The lowest BCUT2D eigenvalue weighted by molar-refractivity contribution is -0.176. The summed E-state index contributed by atoms with van der Waals surface area (Å²) in [6.07, 6.45) is 1.15. The van der Waals surface area contributed by atoms with Gasteiger partial charge in [0.1, 0.15) is 5.75 Å². The van der Waals surface area contributed by atoms with Gasteiger partial charge in [-0.3, -0.25) is 9.59 Å². The molecular weight excluding hydrogens is 410 g/mol. The Morgan fingerprint density at radius 1 is 1.19 bits per heavy atom. The standard InChI is InChI=1S/C25H37NO6/c1-8-25(5,6)23(28)31-18(4)32-24(29)26-11-9-10-19(15-26)13-21(27)20-12-16(2)17(3)22(14-20)30-7/h12,14,18-19H,8-11,13,15H2,1-7H3. The molecule has 2 unspecified atom stereocenters. The molecule has 0 spiro atoms. The van der Waals surface area contributed by atoms with Crippen LogP contribution in [0.15, 0.2) is 12.1 Å². The Balaban J connectivity index is 1.94. The summed E-state index contributed by atoms with van der Waals surface area (Å²) in [6, 6.07) is 3.68. The van der Waals surface area contributed by atoms with E-state index >= 15 is 0 Å². The first-order valence-electron chi connectivity index (χ1n) is 11.3. The lowest BCUT2D eigenvalue weighted by atomic mass is 9.90. The number of nitrogens with zero attached hydrogens (tertiary/aromatic N) is 1. The summed E-state index contributed by atoms with van der Waals surface area (Å²) in [6.45, 7) is 12.0. The summed E-state index contributed by atoms with van der Waals surface area (Å²) in [7, 11) is 1.60. The summed E-state index contributed by atoms with van der Waals surface area (Å²) in [4.78, 5) is 39.3. The number of Topliss-reactive ketones (excluding diaryl/α,β-unsaturated/α-hetero) is 1. The predicted octanol–water partition coefficient (Wildman–Crippen LogP) is 5.06. The van der Waals surface area contributed by atoms with Gasteiger partial charge >= 0.3 is 12.1 Å². The molecule has 1 heterocycles. The Morgan fingerprint density at radius 2 is 1.88 bits per heavy atom. The van der Waals surface area contributed by atoms with Crippen LogP contribution < -0.4 is 4.74 Å². The summed E-state index contributed by atoms with van der Waals surface area (Å²) < 4.78 is 16.0. The smallest absolute Gasteiger partial charge is 0.412 e. The van der Waals surface area contributed by atoms with Crippen molar-refractivity contribution in [1.82, 2.24) is 4.90 Å². The molecule has 2 rings (SSSR count). The van der Waals surface area contributed by atoms with Gasteiger partial charge in [-0.25, -0.2) is 4.79 Å². The van der Waals surface area contributed by atoms with E-state index in [2.05, 4.69) is 0 Å². The van der Waals surface area contributed by atoms with Crippen molar-refractivity contribution < 1.29 is 28.6 Å². The molecule has 0 saturated carbocycles. The number of amides is 1. The quantitative estimate of drug-likeness (QED) is 0.315. The minimum atomic E-state index is -0.967. The van der Waals surface area contributed by atoms with E-state index in [9.17, 15) is 14.4 Å². The zero-order chi connectivity index (χ0) is 24.1. The Hall–Kier alpha value is -2.57. The Bertz CT molecular complexity index is 847. The lowest BCUT2D eigenvalue weighted by Gasteiger charge is -2.32. The minimum Gasteiger partial charge on any atom is -0.496 e. The van der Waals surface area contributed by atoms with Crippen molar-refractivity contribution in [3.8, 4) is 5.75 Å². The second-order valence-corrected chi connectivity index (χ2v) is 9.30. The highest BCUT2D eigenvalue weighted by Crippen LogP contribution is 2.27. The maximum atomic E-state index is 12.9. The number of methoxy groups -OCH3 is 1. The number of hydrogen-bond acceptors (Lipinski definition) is 6. The van der Waals surface area contributed by atoms with E-state index in [1.807, 2.05) is 26.8 Å². The molecule has 7 nitrogen and oxygen atoms in total. The van der Waals surface area contributed by atoms with Gasteiger partial charge in [0, 0.05) is 32.0 Å². The largest absolute Gasteiger partial charge is 0.496 e. The van der Waals surface area contributed by atoms with Gasteiger partial charge < -0.3 is 19.1 Å². The second kappa shape index (κ2) is 10.8. The van der Waals surface area contributed by atoms with Gasteiger partial charge in [-0.1, -0.05) is 6.92 Å². The molecule has 178 valence electrons. The van der Waals surface area contributed by atoms with E-state index < -0.39 is 23.8 Å². The molecule has 1 amide bonds. The first-order valence-corrected chi connectivity index (χ1v) is 11.3. The lowest BCUT2D eigenvalue weighted by Crippen LogP contribution is -2.42. The van der Waals surface area contributed by atoms with Crippen LogP contribution >= 0.6 is 0 Å². The molecule has 32 heavy (non-hydrogen) atoms. The van der Waals surface area contributed by atoms with Crippen LogP contribution in [-0.4, -0.2) is 49.2 Å². The highest BCUT2D eigenvalue weighted by molar-refractivity contribution is 5.97. The van der Waals surface area contributed by atoms with E-state index in [-0.39, 0.29) is 11.7 Å². The van der Waals surface area contributed by atoms with Crippen LogP contribution in [0.4, 0.5) is 4.79 Å². The minimum absolute atomic E-state index is 0.0377. The number of piperidine rings is 1. The maximum absolute atomic E-state index is 12.9. The molecule has 1 aromatic carbocycles. The Labute approximate surface area is 191 Å². The highest BCUT2D eigenvalue weighted by atomic mass is 16.7. The number of esters is 1. The van der Waals surface area contributed by atoms with Crippen molar-refractivity contribution in [3.63, 3.8) is 0 Å². The predicted molar refractivity (Wildman–Crippen MR) is 122 cm³/mol. The summed E-state index contributed by atoms with van der Waals surface area (Å²) >= 11 is 0. The normalized spacial score (nSPS) is 17.5. The average Bonchev–Trinajstić information content (AvgIpc) is 2.75. The van der Waals surface area contributed by atoms with E-state index in [1.54, 1.807) is 38.8 Å². The van der Waals surface area contributed by atoms with Crippen molar-refractivity contribution in [2.75, 3.05) is 20.2 Å². The number of aryl methyl sites for hydroxylation is 1. The number of carbonyl (C=O) groups excluding carboxylic acids is 3. The number of ether oxygens (including phenoxy) is 3. The number of benzene rings is 1. The van der Waals surface area contributed by atoms with E-state index in [1.165, 1.54) is 0 Å². The third kappa shape index (κ3) is 6.47. The van der Waals surface area contributed by atoms with E-state index in [4.69, 9.17) is 14.2 Å². The molecule has 0 aromatic heterocycles. The third-order valence-electron chi connectivity index (χ3n) is 6.39. The first-order chi connectivity index (χ1) is 15.0. The Morgan fingerprint density at radius 3 is 2.50 bits per heavy atom. The topological polar surface area (TPSA) is 82.1 Å².